The van der Waals surface area contributed by atoms with Crippen LogP contribution >= 0.6 is 0 Å². The molecule has 1 aliphatic rings. The molecular formula is C23H24F2N6O3. The molecule has 4 rings (SSSR count). The topological polar surface area (TPSA) is 121 Å². The molecule has 1 fully saturated rings. The Morgan fingerprint density at radius 2 is 1.79 bits per heavy atom. The zero-order chi connectivity index (χ0) is 24.7. The number of halogens is 2. The van der Waals surface area contributed by atoms with E-state index < -0.39 is 18.4 Å². The lowest BCUT2D eigenvalue weighted by Crippen LogP contribution is -2.27. The van der Waals surface area contributed by atoms with E-state index in [0.717, 1.165) is 5.56 Å². The van der Waals surface area contributed by atoms with Crippen LogP contribution in [0, 0.1) is 0 Å². The van der Waals surface area contributed by atoms with Gasteiger partial charge in [-0.15, -0.1) is 0 Å². The standard InChI is InChI=1S/C22H22F2N6O.CH2O2/c1-14(2)19-25-10-16(11-26-19)21(31)29-18-17(15-6-4-3-5-7-15)27-13-28-20(18)30-9-8-22(23,24)12-30;2-1-3/h3-7,10-11,13-14H,8-9,12H2,1-2H3,(H,29,31);1H,(H,2,3). The van der Waals surface area contributed by atoms with Gasteiger partial charge >= 0.3 is 0 Å². The lowest BCUT2D eigenvalue weighted by molar-refractivity contribution is -0.122. The third-order valence-corrected chi connectivity index (χ3v) is 5.03. The van der Waals surface area contributed by atoms with Gasteiger partial charge in [0.25, 0.3) is 18.3 Å². The van der Waals surface area contributed by atoms with Gasteiger partial charge in [-0.3, -0.25) is 9.59 Å². The molecule has 11 heteroatoms. The number of amides is 1. The molecule has 9 nitrogen and oxygen atoms in total. The SMILES string of the molecule is CC(C)c1ncc(C(=O)Nc2c(-c3ccccc3)ncnc2N2CCC(F)(F)C2)cn1.O=CO. The molecule has 0 aliphatic carbocycles. The van der Waals surface area contributed by atoms with Gasteiger partial charge in [0, 0.05) is 36.8 Å². The summed E-state index contributed by atoms with van der Waals surface area (Å²) in [5.41, 5.74) is 1.72. The molecule has 1 saturated heterocycles. The first-order valence-corrected chi connectivity index (χ1v) is 10.5. The van der Waals surface area contributed by atoms with Gasteiger partial charge in [0.15, 0.2) is 5.82 Å². The zero-order valence-electron chi connectivity index (χ0n) is 18.7. The fourth-order valence-corrected chi connectivity index (χ4v) is 3.40. The Bertz CT molecular complexity index is 1130. The van der Waals surface area contributed by atoms with E-state index in [-0.39, 0.29) is 42.4 Å². The van der Waals surface area contributed by atoms with Crippen LogP contribution in [-0.4, -0.2) is 56.4 Å². The number of anilines is 2. The summed E-state index contributed by atoms with van der Waals surface area (Å²) in [6.07, 6.45) is 3.96. The first-order valence-electron chi connectivity index (χ1n) is 10.5. The Hall–Kier alpha value is -4.02. The second kappa shape index (κ2) is 10.7. The minimum absolute atomic E-state index is 0.132. The number of hydrogen-bond donors (Lipinski definition) is 2. The number of hydrogen-bond acceptors (Lipinski definition) is 7. The van der Waals surface area contributed by atoms with Crippen LogP contribution in [-0.2, 0) is 4.79 Å². The fraction of sp³-hybridized carbons (Fsp3) is 0.304. The third kappa shape index (κ3) is 5.85. The van der Waals surface area contributed by atoms with Crippen LogP contribution in [0.4, 0.5) is 20.3 Å². The van der Waals surface area contributed by atoms with Gasteiger partial charge in [0.2, 0.25) is 0 Å². The molecule has 1 aliphatic heterocycles. The normalized spacial score (nSPS) is 14.3. The number of carboxylic acid groups (broad SMARTS) is 1. The predicted octanol–water partition coefficient (Wildman–Crippen LogP) is 3.86. The van der Waals surface area contributed by atoms with Crippen LogP contribution in [0.15, 0.2) is 49.1 Å². The van der Waals surface area contributed by atoms with E-state index in [2.05, 4.69) is 25.3 Å². The lowest BCUT2D eigenvalue weighted by Gasteiger charge is -2.22. The lowest BCUT2D eigenvalue weighted by atomic mass is 10.1. The number of carbonyl (C=O) groups is 2. The molecule has 2 aromatic heterocycles. The van der Waals surface area contributed by atoms with Crippen LogP contribution in [0.2, 0.25) is 0 Å². The summed E-state index contributed by atoms with van der Waals surface area (Å²) in [5.74, 6) is -2.24. The van der Waals surface area contributed by atoms with Crippen LogP contribution in [0.25, 0.3) is 11.3 Å². The number of aromatic nitrogens is 4. The summed E-state index contributed by atoms with van der Waals surface area (Å²) < 4.78 is 27.8. The second-order valence-electron chi connectivity index (χ2n) is 7.86. The number of carbonyl (C=O) groups excluding carboxylic acids is 1. The van der Waals surface area contributed by atoms with E-state index in [9.17, 15) is 13.6 Å². The van der Waals surface area contributed by atoms with Crippen LogP contribution < -0.4 is 10.2 Å². The van der Waals surface area contributed by atoms with Crippen molar-refractivity contribution in [3.63, 3.8) is 0 Å². The first-order chi connectivity index (χ1) is 16.3. The van der Waals surface area contributed by atoms with E-state index in [1.807, 2.05) is 44.2 Å². The van der Waals surface area contributed by atoms with Crippen LogP contribution in [0.5, 0.6) is 0 Å². The maximum Gasteiger partial charge on any atom is 0.290 e. The van der Waals surface area contributed by atoms with Crippen molar-refractivity contribution < 1.29 is 23.5 Å². The molecule has 3 heterocycles. The van der Waals surface area contributed by atoms with Crippen molar-refractivity contribution in [2.75, 3.05) is 23.3 Å². The monoisotopic (exact) mass is 470 g/mol. The van der Waals surface area contributed by atoms with Gasteiger partial charge in [-0.2, -0.15) is 0 Å². The highest BCUT2D eigenvalue weighted by atomic mass is 19.3. The highest BCUT2D eigenvalue weighted by Gasteiger charge is 2.40. The number of benzene rings is 1. The molecule has 0 saturated carbocycles. The minimum Gasteiger partial charge on any atom is -0.483 e. The van der Waals surface area contributed by atoms with E-state index in [0.29, 0.717) is 11.5 Å². The molecule has 3 aromatic rings. The highest BCUT2D eigenvalue weighted by Crippen LogP contribution is 2.37. The van der Waals surface area contributed by atoms with Crippen molar-refractivity contribution in [1.29, 1.82) is 0 Å². The number of rotatable bonds is 5. The van der Waals surface area contributed by atoms with Gasteiger partial charge < -0.3 is 15.3 Å². The molecule has 0 unspecified atom stereocenters. The van der Waals surface area contributed by atoms with E-state index in [1.54, 1.807) is 0 Å². The van der Waals surface area contributed by atoms with Gasteiger partial charge in [-0.25, -0.2) is 28.7 Å². The minimum atomic E-state index is -2.81. The fourth-order valence-electron chi connectivity index (χ4n) is 3.40. The maximum absolute atomic E-state index is 13.9. The van der Waals surface area contributed by atoms with Crippen molar-refractivity contribution in [2.24, 2.45) is 0 Å². The molecule has 34 heavy (non-hydrogen) atoms. The van der Waals surface area contributed by atoms with Gasteiger partial charge in [0.1, 0.15) is 17.8 Å². The quantitative estimate of drug-likeness (QED) is 0.540. The smallest absolute Gasteiger partial charge is 0.290 e. The summed E-state index contributed by atoms with van der Waals surface area (Å²) in [5, 5.41) is 9.71. The summed E-state index contributed by atoms with van der Waals surface area (Å²) in [4.78, 5) is 39.8. The number of nitrogens with one attached hydrogen (secondary N) is 1. The summed E-state index contributed by atoms with van der Waals surface area (Å²) in [6.45, 7) is 3.34. The van der Waals surface area contributed by atoms with E-state index in [4.69, 9.17) is 9.90 Å². The molecule has 1 aromatic carbocycles. The predicted molar refractivity (Wildman–Crippen MR) is 122 cm³/mol. The molecule has 0 bridgehead atoms. The van der Waals surface area contributed by atoms with Crippen LogP contribution in [0.1, 0.15) is 42.4 Å². The maximum atomic E-state index is 13.9. The third-order valence-electron chi connectivity index (χ3n) is 5.03. The Balaban J connectivity index is 0.00000103. The molecule has 1 amide bonds. The summed E-state index contributed by atoms with van der Waals surface area (Å²) in [6, 6.07) is 9.21. The van der Waals surface area contributed by atoms with Gasteiger partial charge in [-0.05, 0) is 0 Å². The Morgan fingerprint density at radius 3 is 2.35 bits per heavy atom. The Labute approximate surface area is 194 Å². The van der Waals surface area contributed by atoms with E-state index in [1.165, 1.54) is 23.6 Å². The molecule has 0 spiro atoms. The number of nitrogens with zero attached hydrogens (tertiary/aromatic N) is 5. The molecule has 0 radical (unpaired) electrons. The summed E-state index contributed by atoms with van der Waals surface area (Å²) in [7, 11) is 0. The largest absolute Gasteiger partial charge is 0.483 e. The number of alkyl halides is 2. The van der Waals surface area contributed by atoms with E-state index >= 15 is 0 Å². The molecule has 178 valence electrons. The molecule has 0 atom stereocenters. The van der Waals surface area contributed by atoms with Crippen molar-refractivity contribution in [3.8, 4) is 11.3 Å². The Morgan fingerprint density at radius 1 is 1.15 bits per heavy atom. The van der Waals surface area contributed by atoms with Crippen molar-refractivity contribution in [1.82, 2.24) is 19.9 Å². The van der Waals surface area contributed by atoms with Gasteiger partial charge in [0.05, 0.1) is 17.8 Å². The van der Waals surface area contributed by atoms with Crippen molar-refractivity contribution in [3.05, 3.63) is 60.4 Å². The molecule has 2 N–H and O–H groups in total. The van der Waals surface area contributed by atoms with Crippen molar-refractivity contribution >= 4 is 23.9 Å². The van der Waals surface area contributed by atoms with Gasteiger partial charge in [-0.1, -0.05) is 44.2 Å². The van der Waals surface area contributed by atoms with Crippen LogP contribution in [0.3, 0.4) is 0 Å². The average molecular weight is 470 g/mol. The van der Waals surface area contributed by atoms with Crippen molar-refractivity contribution in [2.45, 2.75) is 32.1 Å². The Kier molecular flexibility index (Phi) is 7.77. The average Bonchev–Trinajstić information content (AvgIpc) is 3.19. The summed E-state index contributed by atoms with van der Waals surface area (Å²) >= 11 is 0. The second-order valence-corrected chi connectivity index (χ2v) is 7.86. The first kappa shape index (κ1) is 24.6. The zero-order valence-corrected chi connectivity index (χ0v) is 18.7. The molecular weight excluding hydrogens is 446 g/mol. The highest BCUT2D eigenvalue weighted by molar-refractivity contribution is 6.07.